The van der Waals surface area contributed by atoms with E-state index in [1.807, 2.05) is 23.1 Å². The van der Waals surface area contributed by atoms with Gasteiger partial charge in [0, 0.05) is 19.0 Å². The van der Waals surface area contributed by atoms with Crippen LogP contribution in [0.4, 0.5) is 0 Å². The van der Waals surface area contributed by atoms with Crippen LogP contribution >= 0.6 is 11.6 Å². The Balaban J connectivity index is 1.85. The molecule has 1 fully saturated rings. The van der Waals surface area contributed by atoms with Gasteiger partial charge < -0.3 is 4.90 Å². The largest absolute Gasteiger partial charge is 0.336 e. The molecule has 0 radical (unpaired) electrons. The van der Waals surface area contributed by atoms with Gasteiger partial charge in [0.1, 0.15) is 5.69 Å². The van der Waals surface area contributed by atoms with Crippen LogP contribution in [0, 0.1) is 5.41 Å². The van der Waals surface area contributed by atoms with Crippen molar-refractivity contribution in [1.82, 2.24) is 15.1 Å². The fraction of sp³-hybridized carbons (Fsp3) is 0.375. The van der Waals surface area contributed by atoms with Crippen LogP contribution in [0.2, 0.25) is 5.02 Å². The summed E-state index contributed by atoms with van der Waals surface area (Å²) in [5, 5.41) is 6.89. The second-order valence-electron chi connectivity index (χ2n) is 6.23. The molecular formula is C16H18ClN3O. The lowest BCUT2D eigenvalue weighted by Gasteiger charge is -2.25. The van der Waals surface area contributed by atoms with Crippen molar-refractivity contribution < 1.29 is 4.79 Å². The molecule has 1 atom stereocenters. The summed E-state index contributed by atoms with van der Waals surface area (Å²) in [4.78, 5) is 14.4. The number of nitrogens with one attached hydrogen (secondary N) is 1. The van der Waals surface area contributed by atoms with Crippen LogP contribution < -0.4 is 0 Å². The lowest BCUT2D eigenvalue weighted by molar-refractivity contribution is 0.0772. The molecule has 1 amide bonds. The molecule has 1 unspecified atom stereocenters. The fourth-order valence-corrected chi connectivity index (χ4v) is 3.28. The molecule has 0 aliphatic carbocycles. The van der Waals surface area contributed by atoms with Gasteiger partial charge in [-0.15, -0.1) is 0 Å². The summed E-state index contributed by atoms with van der Waals surface area (Å²) in [5.41, 5.74) is 1.68. The van der Waals surface area contributed by atoms with Crippen molar-refractivity contribution in [1.29, 1.82) is 0 Å². The summed E-state index contributed by atoms with van der Waals surface area (Å²) in [6.07, 6.45) is 1.46. The van der Waals surface area contributed by atoms with E-state index in [4.69, 9.17) is 11.6 Å². The van der Waals surface area contributed by atoms with Crippen LogP contribution in [0.3, 0.4) is 0 Å². The molecule has 5 heteroatoms. The Morgan fingerprint density at radius 1 is 1.38 bits per heavy atom. The second-order valence-corrected chi connectivity index (χ2v) is 6.64. The average molecular weight is 304 g/mol. The van der Waals surface area contributed by atoms with E-state index >= 15 is 0 Å². The highest BCUT2D eigenvalue weighted by atomic mass is 35.5. The normalized spacial score (nSPS) is 20.7. The van der Waals surface area contributed by atoms with Crippen LogP contribution in [-0.4, -0.2) is 34.1 Å². The van der Waals surface area contributed by atoms with Crippen LogP contribution in [0.1, 0.15) is 35.8 Å². The van der Waals surface area contributed by atoms with Crippen LogP contribution in [-0.2, 0) is 0 Å². The van der Waals surface area contributed by atoms with E-state index < -0.39 is 0 Å². The van der Waals surface area contributed by atoms with E-state index in [0.29, 0.717) is 29.7 Å². The van der Waals surface area contributed by atoms with E-state index in [9.17, 15) is 4.79 Å². The lowest BCUT2D eigenvalue weighted by Crippen LogP contribution is -2.30. The van der Waals surface area contributed by atoms with Gasteiger partial charge in [0.15, 0.2) is 0 Å². The number of likely N-dealkylation sites (tertiary alicyclic amines) is 1. The number of rotatable bonds is 2. The monoisotopic (exact) mass is 303 g/mol. The number of aromatic amines is 1. The molecule has 1 aromatic carbocycles. The zero-order valence-electron chi connectivity index (χ0n) is 12.1. The first-order valence-electron chi connectivity index (χ1n) is 7.02. The molecule has 0 spiro atoms. The van der Waals surface area contributed by atoms with E-state index in [1.54, 1.807) is 0 Å². The van der Waals surface area contributed by atoms with Crippen LogP contribution in [0.5, 0.6) is 0 Å². The van der Waals surface area contributed by atoms with Gasteiger partial charge in [-0.05, 0) is 11.0 Å². The predicted octanol–water partition coefficient (Wildman–Crippen LogP) is 3.33. The summed E-state index contributed by atoms with van der Waals surface area (Å²) < 4.78 is 0. The number of hydrogen-bond acceptors (Lipinski definition) is 2. The number of aromatic nitrogens is 2. The summed E-state index contributed by atoms with van der Waals surface area (Å²) in [6.45, 7) is 5.81. The van der Waals surface area contributed by atoms with Gasteiger partial charge in [-0.3, -0.25) is 9.89 Å². The van der Waals surface area contributed by atoms with Gasteiger partial charge in [0.05, 0.1) is 11.2 Å². The lowest BCUT2D eigenvalue weighted by atomic mass is 9.78. The molecule has 1 aliphatic heterocycles. The van der Waals surface area contributed by atoms with E-state index in [0.717, 1.165) is 0 Å². The smallest absolute Gasteiger partial charge is 0.273 e. The number of benzene rings is 1. The van der Waals surface area contributed by atoms with Crippen molar-refractivity contribution in [2.75, 3.05) is 13.1 Å². The number of nitrogens with zero attached hydrogens (tertiary/aromatic N) is 2. The third-order valence-corrected chi connectivity index (χ3v) is 4.53. The molecule has 21 heavy (non-hydrogen) atoms. The van der Waals surface area contributed by atoms with Crippen molar-refractivity contribution in [2.45, 2.75) is 19.8 Å². The van der Waals surface area contributed by atoms with Crippen LogP contribution in [0.15, 0.2) is 36.5 Å². The van der Waals surface area contributed by atoms with E-state index in [1.165, 1.54) is 11.8 Å². The second kappa shape index (κ2) is 5.19. The Kier molecular flexibility index (Phi) is 3.49. The number of amides is 1. The molecule has 1 saturated heterocycles. The highest BCUT2D eigenvalue weighted by Crippen LogP contribution is 2.42. The average Bonchev–Trinajstić information content (AvgIpc) is 3.02. The summed E-state index contributed by atoms with van der Waals surface area (Å²) in [6, 6.07) is 10.4. The van der Waals surface area contributed by atoms with Gasteiger partial charge in [0.25, 0.3) is 5.91 Å². The number of H-pyrrole nitrogens is 1. The minimum absolute atomic E-state index is 0.0313. The Morgan fingerprint density at radius 3 is 2.71 bits per heavy atom. The molecule has 0 saturated carbocycles. The SMILES string of the molecule is CC1(C)CN(C(=O)c2[nH]ncc2Cl)CC1c1ccccc1. The number of carbonyl (C=O) groups excluding carboxylic acids is 1. The minimum Gasteiger partial charge on any atom is -0.336 e. The van der Waals surface area contributed by atoms with Crippen molar-refractivity contribution in [2.24, 2.45) is 5.41 Å². The maximum absolute atomic E-state index is 12.6. The standard InChI is InChI=1S/C16H18ClN3O/c1-16(2)10-20(15(21)14-13(17)8-18-19-14)9-12(16)11-6-4-3-5-7-11/h3-8,12H,9-10H2,1-2H3,(H,18,19). The topological polar surface area (TPSA) is 49.0 Å². The molecule has 1 aliphatic rings. The van der Waals surface area contributed by atoms with E-state index in [2.05, 4.69) is 36.2 Å². The highest BCUT2D eigenvalue weighted by molar-refractivity contribution is 6.33. The van der Waals surface area contributed by atoms with Crippen molar-refractivity contribution in [3.8, 4) is 0 Å². The first kappa shape index (κ1) is 14.1. The first-order chi connectivity index (χ1) is 9.99. The first-order valence-corrected chi connectivity index (χ1v) is 7.40. The van der Waals surface area contributed by atoms with Gasteiger partial charge in [-0.1, -0.05) is 55.8 Å². The molecule has 4 nitrogen and oxygen atoms in total. The molecule has 1 aromatic heterocycles. The van der Waals surface area contributed by atoms with Gasteiger partial charge in [-0.2, -0.15) is 5.10 Å². The summed E-state index contributed by atoms with van der Waals surface area (Å²) in [5.74, 6) is 0.244. The van der Waals surface area contributed by atoms with Crippen molar-refractivity contribution in [3.63, 3.8) is 0 Å². The quantitative estimate of drug-likeness (QED) is 0.925. The number of hydrogen-bond donors (Lipinski definition) is 1. The molecule has 2 aromatic rings. The Hall–Kier alpha value is -1.81. The molecule has 1 N–H and O–H groups in total. The zero-order chi connectivity index (χ0) is 15.0. The number of halogens is 1. The minimum atomic E-state index is -0.0796. The highest BCUT2D eigenvalue weighted by Gasteiger charge is 2.42. The van der Waals surface area contributed by atoms with Gasteiger partial charge in [-0.25, -0.2) is 0 Å². The molecule has 3 rings (SSSR count). The molecule has 0 bridgehead atoms. The third kappa shape index (κ3) is 2.56. The maximum Gasteiger partial charge on any atom is 0.273 e. The Morgan fingerprint density at radius 2 is 2.10 bits per heavy atom. The predicted molar refractivity (Wildman–Crippen MR) is 82.5 cm³/mol. The molecule has 2 heterocycles. The Bertz CT molecular complexity index is 651. The van der Waals surface area contributed by atoms with Crippen LogP contribution in [0.25, 0.3) is 0 Å². The summed E-state index contributed by atoms with van der Waals surface area (Å²) in [7, 11) is 0. The molecule has 110 valence electrons. The zero-order valence-corrected chi connectivity index (χ0v) is 12.9. The van der Waals surface area contributed by atoms with Crippen molar-refractivity contribution in [3.05, 3.63) is 52.8 Å². The third-order valence-electron chi connectivity index (χ3n) is 4.24. The van der Waals surface area contributed by atoms with E-state index in [-0.39, 0.29) is 11.3 Å². The number of carbonyl (C=O) groups is 1. The fourth-order valence-electron chi connectivity index (χ4n) is 3.11. The summed E-state index contributed by atoms with van der Waals surface area (Å²) >= 11 is 6.00. The Labute approximate surface area is 129 Å². The van der Waals surface area contributed by atoms with Gasteiger partial charge >= 0.3 is 0 Å². The molecular weight excluding hydrogens is 286 g/mol. The maximum atomic E-state index is 12.6. The van der Waals surface area contributed by atoms with Crippen molar-refractivity contribution >= 4 is 17.5 Å². The van der Waals surface area contributed by atoms with Gasteiger partial charge in [0.2, 0.25) is 0 Å².